The molecule has 1 aliphatic rings. The van der Waals surface area contributed by atoms with Gasteiger partial charge in [0.1, 0.15) is 5.82 Å². The molecule has 88 valence electrons. The maximum absolute atomic E-state index is 11.0. The van der Waals surface area contributed by atoms with Crippen LogP contribution in [0.4, 0.5) is 0 Å². The lowest BCUT2D eigenvalue weighted by Gasteiger charge is -2.07. The lowest BCUT2D eigenvalue weighted by molar-refractivity contribution is -0.140. The summed E-state index contributed by atoms with van der Waals surface area (Å²) in [6, 6.07) is 0.672. The van der Waals surface area contributed by atoms with Crippen LogP contribution >= 0.6 is 0 Å². The summed E-state index contributed by atoms with van der Waals surface area (Å²) in [7, 11) is 1.41. The Morgan fingerprint density at radius 2 is 2.50 bits per heavy atom. The van der Waals surface area contributed by atoms with Crippen molar-refractivity contribution >= 4 is 5.97 Å². The molecule has 0 saturated heterocycles. The van der Waals surface area contributed by atoms with E-state index in [1.54, 1.807) is 6.20 Å². The van der Waals surface area contributed by atoms with E-state index in [0.29, 0.717) is 19.0 Å². The first-order chi connectivity index (χ1) is 7.79. The van der Waals surface area contributed by atoms with Crippen LogP contribution in [0.15, 0.2) is 12.4 Å². The maximum Gasteiger partial charge on any atom is 0.307 e. The van der Waals surface area contributed by atoms with E-state index in [0.717, 1.165) is 12.4 Å². The van der Waals surface area contributed by atoms with Crippen LogP contribution in [-0.4, -0.2) is 28.7 Å². The molecule has 0 aromatic carbocycles. The van der Waals surface area contributed by atoms with Gasteiger partial charge < -0.3 is 14.6 Å². The van der Waals surface area contributed by atoms with Gasteiger partial charge in [0, 0.05) is 25.0 Å². The first-order valence-electron chi connectivity index (χ1n) is 5.60. The molecule has 5 nitrogen and oxygen atoms in total. The molecule has 0 atom stereocenters. The van der Waals surface area contributed by atoms with Crippen molar-refractivity contribution in [1.82, 2.24) is 14.9 Å². The molecule has 1 aromatic heterocycles. The molecule has 5 heteroatoms. The Morgan fingerprint density at radius 3 is 3.19 bits per heavy atom. The maximum atomic E-state index is 11.0. The minimum absolute atomic E-state index is 0.185. The fourth-order valence-electron chi connectivity index (χ4n) is 1.55. The zero-order valence-electron chi connectivity index (χ0n) is 9.48. The number of carbonyl (C=O) groups is 1. The molecule has 1 N–H and O–H groups in total. The van der Waals surface area contributed by atoms with E-state index in [1.165, 1.54) is 20.0 Å². The lowest BCUT2D eigenvalue weighted by Crippen LogP contribution is -2.19. The third kappa shape index (κ3) is 3.06. The minimum atomic E-state index is -0.185. The number of aromatic nitrogens is 2. The van der Waals surface area contributed by atoms with Gasteiger partial charge in [0.05, 0.1) is 20.1 Å². The standard InChI is InChI=1S/C11H17N3O2/c1-16-11(15)4-6-14-7-5-12-10(14)8-13-9-2-3-9/h5,7,9,13H,2-4,6,8H2,1H3. The summed E-state index contributed by atoms with van der Waals surface area (Å²) in [5.41, 5.74) is 0. The number of methoxy groups -OCH3 is 1. The average molecular weight is 223 g/mol. The Morgan fingerprint density at radius 1 is 1.69 bits per heavy atom. The summed E-state index contributed by atoms with van der Waals surface area (Å²) in [4.78, 5) is 15.3. The van der Waals surface area contributed by atoms with Crippen molar-refractivity contribution in [3.63, 3.8) is 0 Å². The minimum Gasteiger partial charge on any atom is -0.469 e. The Bertz CT molecular complexity index is 358. The van der Waals surface area contributed by atoms with Crippen LogP contribution in [0.2, 0.25) is 0 Å². The third-order valence-electron chi connectivity index (χ3n) is 2.71. The molecule has 1 saturated carbocycles. The average Bonchev–Trinajstić information content (AvgIpc) is 3.02. The fraction of sp³-hybridized carbons (Fsp3) is 0.636. The van der Waals surface area contributed by atoms with Crippen molar-refractivity contribution in [2.24, 2.45) is 0 Å². The number of hydrogen-bond acceptors (Lipinski definition) is 4. The molecule has 0 bridgehead atoms. The molecular formula is C11H17N3O2. The SMILES string of the molecule is COC(=O)CCn1ccnc1CNC1CC1. The van der Waals surface area contributed by atoms with Gasteiger partial charge in [-0.2, -0.15) is 0 Å². The Kier molecular flexibility index (Phi) is 3.56. The topological polar surface area (TPSA) is 56.2 Å². The largest absolute Gasteiger partial charge is 0.469 e. The highest BCUT2D eigenvalue weighted by molar-refractivity contribution is 5.68. The number of carbonyl (C=O) groups excluding carboxylic acids is 1. The van der Waals surface area contributed by atoms with E-state index in [4.69, 9.17) is 0 Å². The Balaban J connectivity index is 1.82. The molecular weight excluding hydrogens is 206 g/mol. The van der Waals surface area contributed by atoms with Crippen LogP contribution in [0, 0.1) is 0 Å². The Labute approximate surface area is 94.8 Å². The summed E-state index contributed by atoms with van der Waals surface area (Å²) < 4.78 is 6.60. The molecule has 1 heterocycles. The summed E-state index contributed by atoms with van der Waals surface area (Å²) in [5.74, 6) is 0.797. The predicted molar refractivity (Wildman–Crippen MR) is 58.7 cm³/mol. The molecule has 16 heavy (non-hydrogen) atoms. The molecule has 2 rings (SSSR count). The first-order valence-corrected chi connectivity index (χ1v) is 5.60. The van der Waals surface area contributed by atoms with Gasteiger partial charge in [0.15, 0.2) is 0 Å². The van der Waals surface area contributed by atoms with Crippen LogP contribution in [0.5, 0.6) is 0 Å². The molecule has 0 aliphatic heterocycles. The van der Waals surface area contributed by atoms with Gasteiger partial charge in [-0.25, -0.2) is 4.98 Å². The monoisotopic (exact) mass is 223 g/mol. The highest BCUT2D eigenvalue weighted by Gasteiger charge is 2.20. The number of rotatable bonds is 6. The van der Waals surface area contributed by atoms with E-state index in [2.05, 4.69) is 15.0 Å². The molecule has 0 spiro atoms. The van der Waals surface area contributed by atoms with Gasteiger partial charge in [-0.15, -0.1) is 0 Å². The number of nitrogens with one attached hydrogen (secondary N) is 1. The zero-order chi connectivity index (χ0) is 11.4. The van der Waals surface area contributed by atoms with Crippen molar-refractivity contribution in [2.45, 2.75) is 38.4 Å². The number of nitrogens with zero attached hydrogens (tertiary/aromatic N) is 2. The molecule has 0 unspecified atom stereocenters. The molecule has 1 aromatic rings. The summed E-state index contributed by atoms with van der Waals surface area (Å²) >= 11 is 0. The number of imidazole rings is 1. The van der Waals surface area contributed by atoms with Crippen LogP contribution < -0.4 is 5.32 Å². The van der Waals surface area contributed by atoms with Crippen molar-refractivity contribution in [2.75, 3.05) is 7.11 Å². The number of ether oxygens (including phenoxy) is 1. The van der Waals surface area contributed by atoms with Gasteiger partial charge in [-0.3, -0.25) is 4.79 Å². The van der Waals surface area contributed by atoms with Crippen LogP contribution in [-0.2, 0) is 22.6 Å². The number of aryl methyl sites for hydroxylation is 1. The molecule has 1 aliphatic carbocycles. The first kappa shape index (κ1) is 11.1. The van der Waals surface area contributed by atoms with Crippen LogP contribution in [0.25, 0.3) is 0 Å². The zero-order valence-corrected chi connectivity index (χ0v) is 9.48. The smallest absolute Gasteiger partial charge is 0.307 e. The highest BCUT2D eigenvalue weighted by atomic mass is 16.5. The second-order valence-corrected chi connectivity index (χ2v) is 4.02. The van der Waals surface area contributed by atoms with Gasteiger partial charge >= 0.3 is 5.97 Å². The van der Waals surface area contributed by atoms with E-state index in [9.17, 15) is 4.79 Å². The van der Waals surface area contributed by atoms with Crippen LogP contribution in [0.3, 0.4) is 0 Å². The quantitative estimate of drug-likeness (QED) is 0.721. The second-order valence-electron chi connectivity index (χ2n) is 4.02. The van der Waals surface area contributed by atoms with E-state index in [1.807, 2.05) is 10.8 Å². The van der Waals surface area contributed by atoms with Crippen molar-refractivity contribution in [1.29, 1.82) is 0 Å². The van der Waals surface area contributed by atoms with Crippen molar-refractivity contribution < 1.29 is 9.53 Å². The summed E-state index contributed by atoms with van der Waals surface area (Å²) in [6.07, 6.45) is 6.59. The van der Waals surface area contributed by atoms with Crippen molar-refractivity contribution in [3.8, 4) is 0 Å². The fourth-order valence-corrected chi connectivity index (χ4v) is 1.55. The highest BCUT2D eigenvalue weighted by Crippen LogP contribution is 2.19. The molecule has 0 amide bonds. The van der Waals surface area contributed by atoms with Crippen molar-refractivity contribution in [3.05, 3.63) is 18.2 Å². The Hall–Kier alpha value is -1.36. The summed E-state index contributed by atoms with van der Waals surface area (Å²) in [6.45, 7) is 1.41. The predicted octanol–water partition coefficient (Wildman–Crippen LogP) is 0.698. The van der Waals surface area contributed by atoms with E-state index < -0.39 is 0 Å². The number of esters is 1. The van der Waals surface area contributed by atoms with Crippen LogP contribution in [0.1, 0.15) is 25.1 Å². The van der Waals surface area contributed by atoms with Gasteiger partial charge in [-0.05, 0) is 12.8 Å². The second kappa shape index (κ2) is 5.12. The lowest BCUT2D eigenvalue weighted by atomic mass is 10.4. The van der Waals surface area contributed by atoms with Gasteiger partial charge in [0.2, 0.25) is 0 Å². The van der Waals surface area contributed by atoms with E-state index >= 15 is 0 Å². The third-order valence-corrected chi connectivity index (χ3v) is 2.71. The van der Waals surface area contributed by atoms with Gasteiger partial charge in [-0.1, -0.05) is 0 Å². The molecule has 1 fully saturated rings. The van der Waals surface area contributed by atoms with Gasteiger partial charge in [0.25, 0.3) is 0 Å². The number of hydrogen-bond donors (Lipinski definition) is 1. The molecule has 0 radical (unpaired) electrons. The summed E-state index contributed by atoms with van der Waals surface area (Å²) in [5, 5.41) is 3.40. The van der Waals surface area contributed by atoms with E-state index in [-0.39, 0.29) is 5.97 Å². The normalized spacial score (nSPS) is 15.1.